The molecule has 1 aromatic carbocycles. The zero-order valence-corrected chi connectivity index (χ0v) is 18.1. The van der Waals surface area contributed by atoms with Crippen molar-refractivity contribution < 1.29 is 37.3 Å². The standard InChI is InChI=1S/C17H16ClFN3O10P/c18-17(19)13(21-4-3-14(23)20-16(21)25)8-29-12(15(17)24)7-31-33(28)30-6-9-5-10(22(26)27)1-2-11(9)32-33/h1-5,12-13,15,24H,6-8H2,(H,20,23,25)/t12-,13?,15-,17?,33?/m1/s1. The number of alkyl halides is 2. The topological polar surface area (TPSA) is 172 Å². The number of hydrogen-bond donors (Lipinski definition) is 2. The molecule has 1 saturated heterocycles. The summed E-state index contributed by atoms with van der Waals surface area (Å²) in [5.74, 6) is 0.0370. The molecule has 16 heteroatoms. The van der Waals surface area contributed by atoms with Crippen molar-refractivity contribution in [3.63, 3.8) is 0 Å². The fourth-order valence-corrected chi connectivity index (χ4v) is 4.88. The molecule has 3 unspecified atom stereocenters. The number of rotatable bonds is 5. The quantitative estimate of drug-likeness (QED) is 0.260. The summed E-state index contributed by atoms with van der Waals surface area (Å²) in [6.07, 6.45) is -2.44. The van der Waals surface area contributed by atoms with Gasteiger partial charge in [-0.25, -0.2) is 13.8 Å². The maximum atomic E-state index is 15.2. The molecule has 4 rings (SSSR count). The van der Waals surface area contributed by atoms with Gasteiger partial charge >= 0.3 is 13.5 Å². The zero-order chi connectivity index (χ0) is 24.0. The first-order chi connectivity index (χ1) is 15.5. The molecule has 0 spiro atoms. The van der Waals surface area contributed by atoms with Crippen molar-refractivity contribution in [3.05, 3.63) is 67.0 Å². The van der Waals surface area contributed by atoms with E-state index in [4.69, 9.17) is 29.9 Å². The third-order valence-electron chi connectivity index (χ3n) is 5.09. The summed E-state index contributed by atoms with van der Waals surface area (Å²) in [4.78, 5) is 35.4. The van der Waals surface area contributed by atoms with Gasteiger partial charge in [0.1, 0.15) is 24.0 Å². The molecule has 3 heterocycles. The predicted molar refractivity (Wildman–Crippen MR) is 108 cm³/mol. The van der Waals surface area contributed by atoms with Gasteiger partial charge in [0.2, 0.25) is 5.13 Å². The Bertz CT molecular complexity index is 1250. The third-order valence-corrected chi connectivity index (χ3v) is 6.89. The molecule has 1 fully saturated rings. The lowest BCUT2D eigenvalue weighted by molar-refractivity contribution is -0.385. The molecular formula is C17H16ClFN3O10P. The Labute approximate surface area is 188 Å². The van der Waals surface area contributed by atoms with Crippen molar-refractivity contribution >= 4 is 25.1 Å². The molecule has 178 valence electrons. The first kappa shape index (κ1) is 23.5. The average Bonchev–Trinajstić information content (AvgIpc) is 2.75. The van der Waals surface area contributed by atoms with Crippen molar-refractivity contribution in [2.45, 2.75) is 30.0 Å². The summed E-state index contributed by atoms with van der Waals surface area (Å²) in [6, 6.07) is 3.06. The highest BCUT2D eigenvalue weighted by Crippen LogP contribution is 2.55. The van der Waals surface area contributed by atoms with Crippen LogP contribution in [0.2, 0.25) is 0 Å². The Morgan fingerprint density at radius 1 is 1.42 bits per heavy atom. The van der Waals surface area contributed by atoms with E-state index in [0.717, 1.165) is 22.9 Å². The number of phosphoric ester groups is 1. The number of H-pyrrole nitrogens is 1. The molecule has 13 nitrogen and oxygen atoms in total. The van der Waals surface area contributed by atoms with Crippen molar-refractivity contribution in [3.8, 4) is 5.75 Å². The van der Waals surface area contributed by atoms with E-state index < -0.39 is 60.6 Å². The minimum Gasteiger partial charge on any atom is -0.404 e. The summed E-state index contributed by atoms with van der Waals surface area (Å²) in [7, 11) is -4.23. The van der Waals surface area contributed by atoms with E-state index >= 15 is 4.39 Å². The highest BCUT2D eigenvalue weighted by atomic mass is 35.5. The third kappa shape index (κ3) is 4.58. The minimum atomic E-state index is -4.23. The van der Waals surface area contributed by atoms with Crippen LogP contribution < -0.4 is 15.8 Å². The van der Waals surface area contributed by atoms with E-state index in [1.807, 2.05) is 4.98 Å². The van der Waals surface area contributed by atoms with Crippen LogP contribution in [0.15, 0.2) is 40.1 Å². The smallest absolute Gasteiger partial charge is 0.404 e. The number of nitro groups is 1. The summed E-state index contributed by atoms with van der Waals surface area (Å²) in [5, 5.41) is 18.3. The fourth-order valence-electron chi connectivity index (χ4n) is 3.34. The molecule has 2 N–H and O–H groups in total. The largest absolute Gasteiger partial charge is 0.530 e. The van der Waals surface area contributed by atoms with E-state index in [1.165, 1.54) is 12.1 Å². The van der Waals surface area contributed by atoms with E-state index in [9.17, 15) is 29.4 Å². The number of aromatic nitrogens is 2. The SMILES string of the molecule is O=c1ccn(C2CO[C@H](COP3(=O)OCc4cc([N+](=O)[O-])ccc4O3)[C@@H](O)C2(F)Cl)c(=O)[nH]1. The van der Waals surface area contributed by atoms with Crippen LogP contribution in [-0.2, 0) is 25.0 Å². The van der Waals surface area contributed by atoms with E-state index in [1.54, 1.807) is 0 Å². The van der Waals surface area contributed by atoms with Gasteiger partial charge in [-0.1, -0.05) is 11.6 Å². The van der Waals surface area contributed by atoms with Gasteiger partial charge in [0.15, 0.2) is 0 Å². The number of aromatic amines is 1. The summed E-state index contributed by atoms with van der Waals surface area (Å²) in [6.45, 7) is -1.47. The number of halogens is 2. The number of non-ortho nitro benzene ring substituents is 1. The van der Waals surface area contributed by atoms with Crippen LogP contribution in [0, 0.1) is 10.1 Å². The van der Waals surface area contributed by atoms with Crippen LogP contribution in [0.3, 0.4) is 0 Å². The normalized spacial score (nSPS) is 31.4. The van der Waals surface area contributed by atoms with Crippen LogP contribution >= 0.6 is 19.4 Å². The van der Waals surface area contributed by atoms with E-state index in [2.05, 4.69) is 0 Å². The van der Waals surface area contributed by atoms with Crippen LogP contribution in [0.25, 0.3) is 0 Å². The maximum absolute atomic E-state index is 15.2. The Kier molecular flexibility index (Phi) is 6.16. The van der Waals surface area contributed by atoms with Gasteiger partial charge in [0.05, 0.1) is 24.7 Å². The number of nitrogens with zero attached hydrogens (tertiary/aromatic N) is 2. The molecule has 0 aliphatic carbocycles. The fraction of sp³-hybridized carbons (Fsp3) is 0.412. The number of phosphoric acid groups is 1. The molecule has 1 aromatic heterocycles. The molecule has 33 heavy (non-hydrogen) atoms. The second kappa shape index (κ2) is 8.63. The Balaban J connectivity index is 1.44. The molecule has 0 saturated carbocycles. The lowest BCUT2D eigenvalue weighted by Crippen LogP contribution is -2.57. The van der Waals surface area contributed by atoms with Gasteiger partial charge in [-0.2, -0.15) is 0 Å². The van der Waals surface area contributed by atoms with Crippen molar-refractivity contribution in [1.29, 1.82) is 0 Å². The molecule has 5 atom stereocenters. The summed E-state index contributed by atoms with van der Waals surface area (Å²) in [5.41, 5.74) is -1.60. The number of fused-ring (bicyclic) bond motifs is 1. The Hall–Kier alpha value is -2.61. The van der Waals surface area contributed by atoms with Gasteiger partial charge in [0, 0.05) is 30.0 Å². The van der Waals surface area contributed by atoms with E-state index in [-0.39, 0.29) is 23.6 Å². The highest BCUT2D eigenvalue weighted by Gasteiger charge is 2.54. The maximum Gasteiger partial charge on any atom is 0.530 e. The number of hydrogen-bond acceptors (Lipinski definition) is 10. The lowest BCUT2D eigenvalue weighted by atomic mass is 9.98. The molecule has 2 aromatic rings. The lowest BCUT2D eigenvalue weighted by Gasteiger charge is -2.41. The van der Waals surface area contributed by atoms with Gasteiger partial charge < -0.3 is 14.4 Å². The average molecular weight is 508 g/mol. The zero-order valence-electron chi connectivity index (χ0n) is 16.5. The van der Waals surface area contributed by atoms with Crippen molar-refractivity contribution in [1.82, 2.24) is 9.55 Å². The van der Waals surface area contributed by atoms with Crippen molar-refractivity contribution in [2.75, 3.05) is 13.2 Å². The summed E-state index contributed by atoms with van der Waals surface area (Å²) >= 11 is 5.90. The van der Waals surface area contributed by atoms with Gasteiger partial charge in [-0.15, -0.1) is 0 Å². The Morgan fingerprint density at radius 2 is 2.18 bits per heavy atom. The number of benzene rings is 1. The monoisotopic (exact) mass is 507 g/mol. The number of aliphatic hydroxyl groups is 1. The van der Waals surface area contributed by atoms with Gasteiger partial charge in [0.25, 0.3) is 11.2 Å². The number of nitro benzene ring substituents is 1. The molecule has 2 aliphatic heterocycles. The predicted octanol–water partition coefficient (Wildman–Crippen LogP) is 1.38. The second-order valence-corrected chi connectivity index (χ2v) is 9.35. The molecule has 0 bridgehead atoms. The molecular weight excluding hydrogens is 492 g/mol. The van der Waals surface area contributed by atoms with Crippen LogP contribution in [0.5, 0.6) is 5.75 Å². The minimum absolute atomic E-state index is 0.0370. The van der Waals surface area contributed by atoms with Crippen LogP contribution in [0.4, 0.5) is 10.1 Å². The summed E-state index contributed by atoms with van der Waals surface area (Å²) < 4.78 is 49.5. The second-order valence-electron chi connectivity index (χ2n) is 7.18. The van der Waals surface area contributed by atoms with Crippen molar-refractivity contribution in [2.24, 2.45) is 0 Å². The molecule has 2 aliphatic rings. The highest BCUT2D eigenvalue weighted by molar-refractivity contribution is 7.49. The van der Waals surface area contributed by atoms with E-state index in [0.29, 0.717) is 0 Å². The van der Waals surface area contributed by atoms with Gasteiger partial charge in [-0.3, -0.25) is 33.5 Å². The molecule has 0 amide bonds. The molecule has 0 radical (unpaired) electrons. The first-order valence-corrected chi connectivity index (χ1v) is 11.2. The van der Waals surface area contributed by atoms with Crippen LogP contribution in [0.1, 0.15) is 11.6 Å². The van der Waals surface area contributed by atoms with Crippen LogP contribution in [-0.4, -0.2) is 50.1 Å². The number of ether oxygens (including phenoxy) is 1. The Morgan fingerprint density at radius 3 is 2.88 bits per heavy atom. The van der Waals surface area contributed by atoms with Gasteiger partial charge in [-0.05, 0) is 6.07 Å². The first-order valence-electron chi connectivity index (χ1n) is 9.35. The number of aliphatic hydroxyl groups excluding tert-OH is 1. The number of nitrogens with one attached hydrogen (secondary N) is 1.